The Hall–Kier alpha value is -2.93. The van der Waals surface area contributed by atoms with Crippen LogP contribution in [0.5, 0.6) is 5.75 Å². The highest BCUT2D eigenvalue weighted by atomic mass is 32.1. The number of esters is 1. The smallest absolute Gasteiger partial charge is 0.338 e. The Labute approximate surface area is 186 Å². The summed E-state index contributed by atoms with van der Waals surface area (Å²) in [6.45, 7) is 9.08. The van der Waals surface area contributed by atoms with Crippen molar-refractivity contribution in [2.45, 2.75) is 46.0 Å². The lowest BCUT2D eigenvalue weighted by molar-refractivity contribution is -0.116. The molecule has 0 radical (unpaired) electrons. The van der Waals surface area contributed by atoms with Crippen LogP contribution in [0.2, 0.25) is 0 Å². The normalized spacial score (nSPS) is 11.4. The number of aromatic nitrogens is 1. The van der Waals surface area contributed by atoms with Gasteiger partial charge in [0.05, 0.1) is 29.0 Å². The Morgan fingerprint density at radius 1 is 1.10 bits per heavy atom. The van der Waals surface area contributed by atoms with E-state index in [-0.39, 0.29) is 17.3 Å². The molecule has 0 fully saturated rings. The lowest BCUT2D eigenvalue weighted by Gasteiger charge is -2.19. The maximum absolute atomic E-state index is 12.2. The monoisotopic (exact) mass is 440 g/mol. The second-order valence-corrected chi connectivity index (χ2v) is 9.23. The molecule has 0 aliphatic heterocycles. The molecular weight excluding hydrogens is 412 g/mol. The third kappa shape index (κ3) is 6.28. The van der Waals surface area contributed by atoms with E-state index in [0.29, 0.717) is 36.8 Å². The van der Waals surface area contributed by atoms with Crippen molar-refractivity contribution in [2.75, 3.05) is 18.5 Å². The second-order valence-electron chi connectivity index (χ2n) is 8.20. The van der Waals surface area contributed by atoms with Gasteiger partial charge in [0.15, 0.2) is 5.13 Å². The molecule has 1 heterocycles. The Kier molecular flexibility index (Phi) is 7.28. The zero-order valence-electron chi connectivity index (χ0n) is 18.4. The van der Waals surface area contributed by atoms with E-state index >= 15 is 0 Å². The van der Waals surface area contributed by atoms with Crippen LogP contribution >= 0.6 is 11.3 Å². The van der Waals surface area contributed by atoms with Gasteiger partial charge in [-0.1, -0.05) is 44.2 Å². The quantitative estimate of drug-likeness (QED) is 0.366. The van der Waals surface area contributed by atoms with Gasteiger partial charge in [0, 0.05) is 6.42 Å². The van der Waals surface area contributed by atoms with E-state index in [2.05, 4.69) is 43.2 Å². The fraction of sp³-hybridized carbons (Fsp3) is 0.375. The predicted molar refractivity (Wildman–Crippen MR) is 124 cm³/mol. The zero-order valence-corrected chi connectivity index (χ0v) is 19.2. The summed E-state index contributed by atoms with van der Waals surface area (Å²) < 4.78 is 11.6. The van der Waals surface area contributed by atoms with Crippen molar-refractivity contribution >= 4 is 38.6 Å². The summed E-state index contributed by atoms with van der Waals surface area (Å²) in [5, 5.41) is 3.34. The molecule has 7 heteroatoms. The van der Waals surface area contributed by atoms with Gasteiger partial charge in [-0.05, 0) is 54.7 Å². The molecule has 164 valence electrons. The highest BCUT2D eigenvalue weighted by Gasteiger charge is 2.14. The standard InChI is InChI=1S/C24H28N2O4S/c1-5-29-22(28)16-8-13-19-20(15-16)31-23(25-19)26-21(27)7-6-14-30-18-11-9-17(10-12-18)24(2,3)4/h8-13,15H,5-7,14H2,1-4H3,(H,25,26,27). The van der Waals surface area contributed by atoms with E-state index < -0.39 is 0 Å². The van der Waals surface area contributed by atoms with Crippen LogP contribution in [-0.2, 0) is 14.9 Å². The third-order valence-electron chi connectivity index (χ3n) is 4.68. The Morgan fingerprint density at radius 3 is 2.52 bits per heavy atom. The molecule has 0 aliphatic rings. The van der Waals surface area contributed by atoms with Crippen LogP contribution in [0.25, 0.3) is 10.2 Å². The van der Waals surface area contributed by atoms with Gasteiger partial charge in [0.25, 0.3) is 0 Å². The number of nitrogens with one attached hydrogen (secondary N) is 1. The van der Waals surface area contributed by atoms with E-state index in [1.54, 1.807) is 25.1 Å². The van der Waals surface area contributed by atoms with Gasteiger partial charge in [0.1, 0.15) is 5.75 Å². The first-order valence-electron chi connectivity index (χ1n) is 10.4. The van der Waals surface area contributed by atoms with Crippen molar-refractivity contribution in [1.82, 2.24) is 4.98 Å². The molecule has 0 bridgehead atoms. The number of hydrogen-bond acceptors (Lipinski definition) is 6. The fourth-order valence-corrected chi connectivity index (χ4v) is 3.90. The minimum atomic E-state index is -0.364. The summed E-state index contributed by atoms with van der Waals surface area (Å²) in [6.07, 6.45) is 0.939. The fourth-order valence-electron chi connectivity index (χ4n) is 2.98. The number of anilines is 1. The first kappa shape index (κ1) is 22.7. The molecule has 0 saturated carbocycles. The second kappa shape index (κ2) is 9.92. The van der Waals surface area contributed by atoms with Crippen LogP contribution in [0.3, 0.4) is 0 Å². The minimum absolute atomic E-state index is 0.109. The lowest BCUT2D eigenvalue weighted by atomic mass is 9.87. The first-order valence-corrected chi connectivity index (χ1v) is 11.2. The molecule has 0 unspecified atom stereocenters. The van der Waals surface area contributed by atoms with Gasteiger partial charge in [-0.3, -0.25) is 4.79 Å². The van der Waals surface area contributed by atoms with E-state index in [1.165, 1.54) is 16.9 Å². The molecule has 0 aliphatic carbocycles. The lowest BCUT2D eigenvalue weighted by Crippen LogP contribution is -2.13. The number of thiazole rings is 1. The van der Waals surface area contributed by atoms with Crippen molar-refractivity contribution < 1.29 is 19.1 Å². The maximum Gasteiger partial charge on any atom is 0.338 e. The summed E-state index contributed by atoms with van der Waals surface area (Å²) in [7, 11) is 0. The van der Waals surface area contributed by atoms with E-state index in [4.69, 9.17) is 9.47 Å². The Morgan fingerprint density at radius 2 is 1.84 bits per heavy atom. The molecule has 1 amide bonds. The van der Waals surface area contributed by atoms with Crippen molar-refractivity contribution in [1.29, 1.82) is 0 Å². The molecule has 6 nitrogen and oxygen atoms in total. The van der Waals surface area contributed by atoms with Gasteiger partial charge in [-0.25, -0.2) is 9.78 Å². The van der Waals surface area contributed by atoms with E-state index in [1.807, 2.05) is 12.1 Å². The minimum Gasteiger partial charge on any atom is -0.494 e. The number of rotatable bonds is 8. The Balaban J connectivity index is 1.47. The number of benzene rings is 2. The predicted octanol–water partition coefficient (Wildman–Crippen LogP) is 5.57. The van der Waals surface area contributed by atoms with E-state index in [0.717, 1.165) is 16.0 Å². The third-order valence-corrected chi connectivity index (χ3v) is 5.62. The summed E-state index contributed by atoms with van der Waals surface area (Å²) in [5.74, 6) is 0.324. The van der Waals surface area contributed by atoms with Gasteiger partial charge < -0.3 is 14.8 Å². The molecule has 1 aromatic heterocycles. The molecule has 31 heavy (non-hydrogen) atoms. The van der Waals surface area contributed by atoms with Crippen LogP contribution in [0.4, 0.5) is 5.13 Å². The largest absolute Gasteiger partial charge is 0.494 e. The molecule has 1 N–H and O–H groups in total. The molecule has 3 rings (SSSR count). The van der Waals surface area contributed by atoms with Crippen LogP contribution in [0, 0.1) is 0 Å². The topological polar surface area (TPSA) is 77.5 Å². The SMILES string of the molecule is CCOC(=O)c1ccc2nc(NC(=O)CCCOc3ccc(C(C)(C)C)cc3)sc2c1. The number of fused-ring (bicyclic) bond motifs is 1. The molecule has 2 aromatic carbocycles. The van der Waals surface area contributed by atoms with Gasteiger partial charge >= 0.3 is 5.97 Å². The van der Waals surface area contributed by atoms with Crippen molar-refractivity contribution in [2.24, 2.45) is 0 Å². The molecule has 3 aromatic rings. The highest BCUT2D eigenvalue weighted by Crippen LogP contribution is 2.27. The average molecular weight is 441 g/mol. The summed E-state index contributed by atoms with van der Waals surface area (Å²) in [6, 6.07) is 13.2. The van der Waals surface area contributed by atoms with Gasteiger partial charge in [-0.15, -0.1) is 0 Å². The molecule has 0 spiro atoms. The molecule has 0 atom stereocenters. The van der Waals surface area contributed by atoms with Crippen molar-refractivity contribution in [3.8, 4) is 5.75 Å². The summed E-state index contributed by atoms with van der Waals surface area (Å²) in [4.78, 5) is 28.5. The average Bonchev–Trinajstić information content (AvgIpc) is 3.12. The number of hydrogen-bond donors (Lipinski definition) is 1. The van der Waals surface area contributed by atoms with Crippen molar-refractivity contribution in [3.05, 3.63) is 53.6 Å². The number of amides is 1. The van der Waals surface area contributed by atoms with Crippen LogP contribution in [0.15, 0.2) is 42.5 Å². The summed E-state index contributed by atoms with van der Waals surface area (Å²) in [5.41, 5.74) is 2.57. The van der Waals surface area contributed by atoms with Crippen molar-refractivity contribution in [3.63, 3.8) is 0 Å². The highest BCUT2D eigenvalue weighted by molar-refractivity contribution is 7.22. The zero-order chi connectivity index (χ0) is 22.4. The van der Waals surface area contributed by atoms with Gasteiger partial charge in [0.2, 0.25) is 5.91 Å². The van der Waals surface area contributed by atoms with Crippen LogP contribution < -0.4 is 10.1 Å². The molecule has 0 saturated heterocycles. The van der Waals surface area contributed by atoms with Crippen LogP contribution in [0.1, 0.15) is 56.5 Å². The number of carbonyl (C=O) groups excluding carboxylic acids is 2. The number of ether oxygens (including phenoxy) is 2. The Bertz CT molecular complexity index is 1050. The maximum atomic E-state index is 12.2. The van der Waals surface area contributed by atoms with Crippen LogP contribution in [-0.4, -0.2) is 30.1 Å². The number of carbonyl (C=O) groups is 2. The number of nitrogens with zero attached hydrogens (tertiary/aromatic N) is 1. The first-order chi connectivity index (χ1) is 14.8. The summed E-state index contributed by atoms with van der Waals surface area (Å²) >= 11 is 1.33. The molecular formula is C24H28N2O4S. The van der Waals surface area contributed by atoms with E-state index in [9.17, 15) is 9.59 Å². The van der Waals surface area contributed by atoms with Gasteiger partial charge in [-0.2, -0.15) is 0 Å².